The van der Waals surface area contributed by atoms with Gasteiger partial charge in [-0.25, -0.2) is 4.39 Å². The van der Waals surface area contributed by atoms with Gasteiger partial charge in [0.1, 0.15) is 5.82 Å². The summed E-state index contributed by atoms with van der Waals surface area (Å²) >= 11 is 1.07. The largest absolute Gasteiger partial charge is 0.323 e. The molecular weight excluding hydrogens is 383 g/mol. The lowest BCUT2D eigenvalue weighted by Crippen LogP contribution is -2.17. The number of rotatable bonds is 5. The Morgan fingerprint density at radius 3 is 2.64 bits per heavy atom. The number of hydrogen-bond donors (Lipinski definition) is 2. The van der Waals surface area contributed by atoms with Crippen LogP contribution in [0.5, 0.6) is 0 Å². The fraction of sp³-hybridized carbons (Fsp3) is 0.0556. The molecule has 0 aliphatic rings. The molecule has 0 fully saturated rings. The lowest BCUT2D eigenvalue weighted by atomic mass is 10.2. The van der Waals surface area contributed by atoms with Crippen LogP contribution in [0.1, 0.15) is 0 Å². The van der Waals surface area contributed by atoms with Crippen molar-refractivity contribution in [3.05, 3.63) is 70.8 Å². The third-order valence-corrected chi connectivity index (χ3v) is 4.70. The summed E-state index contributed by atoms with van der Waals surface area (Å²) in [5.74, 6) is -0.780. The molecule has 0 atom stereocenters. The van der Waals surface area contributed by atoms with E-state index in [0.29, 0.717) is 10.7 Å². The number of hydrogen-bond acceptors (Lipinski definition) is 6. The average molecular weight is 396 g/mol. The maximum absolute atomic E-state index is 13.6. The van der Waals surface area contributed by atoms with Gasteiger partial charge in [0.15, 0.2) is 5.69 Å². The predicted octanol–water partition coefficient (Wildman–Crippen LogP) is 2.35. The van der Waals surface area contributed by atoms with Crippen molar-refractivity contribution in [3.8, 4) is 11.3 Å². The highest BCUT2D eigenvalue weighted by Crippen LogP contribution is 2.18. The summed E-state index contributed by atoms with van der Waals surface area (Å²) in [4.78, 5) is 27.0. The van der Waals surface area contributed by atoms with E-state index in [1.54, 1.807) is 36.4 Å². The number of para-hydroxylation sites is 1. The number of amides is 1. The zero-order chi connectivity index (χ0) is 19.5. The smallest absolute Gasteiger partial charge is 0.279 e. The first kappa shape index (κ1) is 17.9. The third kappa shape index (κ3) is 3.62. The predicted molar refractivity (Wildman–Crippen MR) is 103 cm³/mol. The van der Waals surface area contributed by atoms with Crippen LogP contribution in [0.3, 0.4) is 0 Å². The zero-order valence-corrected chi connectivity index (χ0v) is 15.1. The van der Waals surface area contributed by atoms with E-state index < -0.39 is 11.7 Å². The van der Waals surface area contributed by atoms with Crippen LogP contribution >= 0.6 is 11.8 Å². The molecule has 0 aliphatic carbocycles. The van der Waals surface area contributed by atoms with Gasteiger partial charge in [-0.15, -0.1) is 10.2 Å². The number of nitrogens with zero attached hydrogens (tertiary/aromatic N) is 4. The van der Waals surface area contributed by atoms with E-state index in [0.717, 1.165) is 11.8 Å². The third-order valence-electron chi connectivity index (χ3n) is 3.78. The number of thioether (sulfide) groups is 1. The molecule has 1 amide bonds. The maximum Gasteiger partial charge on any atom is 0.279 e. The first-order chi connectivity index (χ1) is 13.6. The average Bonchev–Trinajstić information content (AvgIpc) is 3.10. The van der Waals surface area contributed by atoms with Gasteiger partial charge >= 0.3 is 0 Å². The Balaban J connectivity index is 1.55. The normalized spacial score (nSPS) is 10.9. The molecule has 0 saturated heterocycles. The van der Waals surface area contributed by atoms with Crippen molar-refractivity contribution in [3.63, 3.8) is 0 Å². The first-order valence-electron chi connectivity index (χ1n) is 8.20. The molecule has 2 aromatic heterocycles. The summed E-state index contributed by atoms with van der Waals surface area (Å²) in [6, 6.07) is 14.9. The molecule has 8 nitrogen and oxygen atoms in total. The van der Waals surface area contributed by atoms with E-state index in [1.807, 2.05) is 6.07 Å². The fourth-order valence-electron chi connectivity index (χ4n) is 2.49. The summed E-state index contributed by atoms with van der Waals surface area (Å²) in [6.07, 6.45) is 0. The minimum Gasteiger partial charge on any atom is -0.323 e. The number of carbonyl (C=O) groups is 1. The van der Waals surface area contributed by atoms with Gasteiger partial charge in [-0.05, 0) is 12.1 Å². The molecule has 0 bridgehead atoms. The topological polar surface area (TPSA) is 105 Å². The number of halogens is 1. The van der Waals surface area contributed by atoms with Crippen molar-refractivity contribution in [1.82, 2.24) is 24.8 Å². The van der Waals surface area contributed by atoms with Crippen molar-refractivity contribution < 1.29 is 9.18 Å². The number of nitrogens with one attached hydrogen (secondary N) is 2. The van der Waals surface area contributed by atoms with Gasteiger partial charge in [-0.3, -0.25) is 14.6 Å². The Labute approximate surface area is 161 Å². The minimum absolute atomic E-state index is 0.0311. The number of fused-ring (bicyclic) bond motifs is 1. The molecule has 10 heteroatoms. The Morgan fingerprint density at radius 2 is 1.86 bits per heavy atom. The summed E-state index contributed by atoms with van der Waals surface area (Å²) in [5.41, 5.74) is 0.575. The quantitative estimate of drug-likeness (QED) is 0.502. The highest BCUT2D eigenvalue weighted by Gasteiger charge is 2.15. The van der Waals surface area contributed by atoms with E-state index in [4.69, 9.17) is 0 Å². The van der Waals surface area contributed by atoms with Crippen LogP contribution < -0.4 is 10.9 Å². The molecule has 2 N–H and O–H groups in total. The fourth-order valence-corrected chi connectivity index (χ4v) is 3.17. The molecule has 140 valence electrons. The van der Waals surface area contributed by atoms with Gasteiger partial charge in [0.25, 0.3) is 11.3 Å². The number of anilines is 1. The molecule has 0 aliphatic heterocycles. The summed E-state index contributed by atoms with van der Waals surface area (Å²) < 4.78 is 15.0. The molecule has 0 radical (unpaired) electrons. The van der Waals surface area contributed by atoms with E-state index in [1.165, 1.54) is 16.6 Å². The van der Waals surface area contributed by atoms with Gasteiger partial charge in [-0.2, -0.15) is 9.61 Å². The van der Waals surface area contributed by atoms with Gasteiger partial charge in [0, 0.05) is 5.56 Å². The summed E-state index contributed by atoms with van der Waals surface area (Å²) in [5, 5.41) is 15.0. The molecule has 0 spiro atoms. The van der Waals surface area contributed by atoms with Crippen LogP contribution in [0.2, 0.25) is 0 Å². The Hall–Kier alpha value is -3.53. The second-order valence-corrected chi connectivity index (χ2v) is 6.65. The van der Waals surface area contributed by atoms with E-state index >= 15 is 0 Å². The van der Waals surface area contributed by atoms with Gasteiger partial charge in [0.05, 0.1) is 11.4 Å². The zero-order valence-electron chi connectivity index (χ0n) is 14.3. The van der Waals surface area contributed by atoms with Crippen molar-refractivity contribution >= 4 is 29.1 Å². The first-order valence-corrected chi connectivity index (χ1v) is 9.19. The molecule has 2 aromatic carbocycles. The van der Waals surface area contributed by atoms with Crippen LogP contribution in [0, 0.1) is 5.82 Å². The van der Waals surface area contributed by atoms with Crippen molar-refractivity contribution in [2.24, 2.45) is 0 Å². The summed E-state index contributed by atoms with van der Waals surface area (Å²) in [7, 11) is 0. The summed E-state index contributed by atoms with van der Waals surface area (Å²) in [6.45, 7) is 0. The standard InChI is InChI=1S/C18H13FN6O2S/c19-12-8-4-5-9-13(12)20-14(26)10-28-18-23-22-17-21-16(27)15(24-25(17)18)11-6-2-1-3-7-11/h1-9H,10H2,(H,20,26)(H,21,22,27). The lowest BCUT2D eigenvalue weighted by Gasteiger charge is -2.05. The van der Waals surface area contributed by atoms with E-state index in [9.17, 15) is 14.0 Å². The second kappa shape index (κ2) is 7.61. The van der Waals surface area contributed by atoms with Crippen molar-refractivity contribution in [2.75, 3.05) is 11.1 Å². The lowest BCUT2D eigenvalue weighted by molar-refractivity contribution is -0.113. The van der Waals surface area contributed by atoms with Gasteiger partial charge in [-0.1, -0.05) is 54.2 Å². The highest BCUT2D eigenvalue weighted by molar-refractivity contribution is 7.99. The van der Waals surface area contributed by atoms with E-state index in [2.05, 4.69) is 25.6 Å². The Morgan fingerprint density at radius 1 is 1.11 bits per heavy atom. The van der Waals surface area contributed by atoms with E-state index in [-0.39, 0.29) is 28.5 Å². The van der Waals surface area contributed by atoms with Crippen LogP contribution in [0.15, 0.2) is 64.5 Å². The molecule has 28 heavy (non-hydrogen) atoms. The number of aromatic nitrogens is 5. The van der Waals surface area contributed by atoms with Gasteiger partial charge < -0.3 is 5.32 Å². The SMILES string of the molecule is O=C(CSc1nnc2[nH]c(=O)c(-c3ccccc3)nn12)Nc1ccccc1F. The molecule has 4 rings (SSSR count). The van der Waals surface area contributed by atoms with Crippen molar-refractivity contribution in [2.45, 2.75) is 5.16 Å². The van der Waals surface area contributed by atoms with Crippen LogP contribution in [-0.2, 0) is 4.79 Å². The molecule has 4 aromatic rings. The number of carbonyl (C=O) groups excluding carboxylic acids is 1. The molecule has 2 heterocycles. The molecule has 0 saturated carbocycles. The van der Waals surface area contributed by atoms with Crippen LogP contribution in [0.25, 0.3) is 17.0 Å². The Kier molecular flexibility index (Phi) is 4.85. The Bertz CT molecular complexity index is 1210. The second-order valence-electron chi connectivity index (χ2n) is 5.70. The monoisotopic (exact) mass is 396 g/mol. The van der Waals surface area contributed by atoms with Crippen LogP contribution in [-0.4, -0.2) is 36.5 Å². The molecule has 0 unspecified atom stereocenters. The maximum atomic E-state index is 13.6. The van der Waals surface area contributed by atoms with Crippen molar-refractivity contribution in [1.29, 1.82) is 0 Å². The minimum atomic E-state index is -0.513. The number of benzene rings is 2. The van der Waals surface area contributed by atoms with Gasteiger partial charge in [0.2, 0.25) is 11.1 Å². The number of H-pyrrole nitrogens is 1. The van der Waals surface area contributed by atoms with Crippen LogP contribution in [0.4, 0.5) is 10.1 Å². The number of aromatic amines is 1. The highest BCUT2D eigenvalue weighted by atomic mass is 32.2. The molecular formula is C18H13FN6O2S.